The van der Waals surface area contributed by atoms with E-state index in [1.807, 2.05) is 60.9 Å². The number of amides is 2. The summed E-state index contributed by atoms with van der Waals surface area (Å²) in [5, 5.41) is 2.90. The molecule has 0 heterocycles. The van der Waals surface area contributed by atoms with Crippen molar-refractivity contribution in [1.82, 2.24) is 4.90 Å². The Labute approximate surface area is 160 Å². The fraction of sp³-hybridized carbons (Fsp3) is 0.333. The minimum Gasteiger partial charge on any atom is -0.336 e. The van der Waals surface area contributed by atoms with E-state index < -0.39 is 0 Å². The Morgan fingerprint density at radius 3 is 2.38 bits per heavy atom. The fourth-order valence-electron chi connectivity index (χ4n) is 2.90. The Bertz CT molecular complexity index is 734. The maximum Gasteiger partial charge on any atom is 0.244 e. The fourth-order valence-corrected chi connectivity index (χ4v) is 3.46. The van der Waals surface area contributed by atoms with Gasteiger partial charge in [-0.1, -0.05) is 55.8 Å². The molecule has 2 amide bonds. The molecule has 1 unspecified atom stereocenters. The Kier molecular flexibility index (Phi) is 7.73. The number of para-hydroxylation sites is 1. The van der Waals surface area contributed by atoms with Crippen LogP contribution in [0.3, 0.4) is 0 Å². The Morgan fingerprint density at radius 1 is 1.08 bits per heavy atom. The van der Waals surface area contributed by atoms with Crippen LogP contribution in [-0.2, 0) is 9.59 Å². The van der Waals surface area contributed by atoms with Gasteiger partial charge in [0, 0.05) is 11.9 Å². The topological polar surface area (TPSA) is 49.4 Å². The minimum atomic E-state index is -0.211. The molecule has 0 aromatic heterocycles. The second-order valence-electron chi connectivity index (χ2n) is 6.19. The van der Waals surface area contributed by atoms with Gasteiger partial charge < -0.3 is 10.2 Å². The minimum absolute atomic E-state index is 0.0219. The molecule has 0 radical (unpaired) electrons. The SMILES string of the molecule is CCCC(C(=O)N(C)CC(=O)Nc1ccccc1SC)c1ccccc1. The number of benzene rings is 2. The van der Waals surface area contributed by atoms with Crippen molar-refractivity contribution < 1.29 is 9.59 Å². The van der Waals surface area contributed by atoms with Crippen molar-refractivity contribution in [2.24, 2.45) is 0 Å². The molecule has 1 atom stereocenters. The zero-order valence-electron chi connectivity index (χ0n) is 15.6. The van der Waals surface area contributed by atoms with Crippen LogP contribution in [0.15, 0.2) is 59.5 Å². The van der Waals surface area contributed by atoms with Crippen LogP contribution in [0.25, 0.3) is 0 Å². The van der Waals surface area contributed by atoms with Gasteiger partial charge in [0.15, 0.2) is 0 Å². The van der Waals surface area contributed by atoms with Gasteiger partial charge in [-0.15, -0.1) is 11.8 Å². The van der Waals surface area contributed by atoms with Gasteiger partial charge >= 0.3 is 0 Å². The number of carbonyl (C=O) groups is 2. The Hall–Kier alpha value is -2.27. The van der Waals surface area contributed by atoms with Gasteiger partial charge in [-0.3, -0.25) is 9.59 Å². The molecule has 0 fully saturated rings. The number of carbonyl (C=O) groups excluding carboxylic acids is 2. The summed E-state index contributed by atoms with van der Waals surface area (Å²) in [5.41, 5.74) is 1.78. The zero-order valence-corrected chi connectivity index (χ0v) is 16.4. The second-order valence-corrected chi connectivity index (χ2v) is 7.04. The summed E-state index contributed by atoms with van der Waals surface area (Å²) in [6.45, 7) is 2.10. The number of hydrogen-bond donors (Lipinski definition) is 1. The summed E-state index contributed by atoms with van der Waals surface area (Å²) < 4.78 is 0. The van der Waals surface area contributed by atoms with Crippen molar-refractivity contribution in [3.8, 4) is 0 Å². The molecule has 138 valence electrons. The van der Waals surface area contributed by atoms with Gasteiger partial charge in [0.1, 0.15) is 0 Å². The highest BCUT2D eigenvalue weighted by molar-refractivity contribution is 7.98. The van der Waals surface area contributed by atoms with Gasteiger partial charge in [-0.05, 0) is 30.4 Å². The first-order chi connectivity index (χ1) is 12.6. The third-order valence-electron chi connectivity index (χ3n) is 4.22. The molecule has 0 bridgehead atoms. The average molecular weight is 371 g/mol. The van der Waals surface area contributed by atoms with Gasteiger partial charge in [-0.2, -0.15) is 0 Å². The molecule has 26 heavy (non-hydrogen) atoms. The molecule has 2 aromatic rings. The average Bonchev–Trinajstić information content (AvgIpc) is 2.66. The summed E-state index contributed by atoms with van der Waals surface area (Å²) in [5.74, 6) is -0.422. The third-order valence-corrected chi connectivity index (χ3v) is 5.01. The molecule has 4 nitrogen and oxygen atoms in total. The lowest BCUT2D eigenvalue weighted by Crippen LogP contribution is -2.38. The monoisotopic (exact) mass is 370 g/mol. The summed E-state index contributed by atoms with van der Waals surface area (Å²) >= 11 is 1.58. The van der Waals surface area contributed by atoms with Crippen molar-refractivity contribution in [3.05, 3.63) is 60.2 Å². The zero-order chi connectivity index (χ0) is 18.9. The van der Waals surface area contributed by atoms with Crippen LogP contribution in [0.4, 0.5) is 5.69 Å². The van der Waals surface area contributed by atoms with Crippen LogP contribution in [0.2, 0.25) is 0 Å². The van der Waals surface area contributed by atoms with E-state index in [1.54, 1.807) is 18.8 Å². The van der Waals surface area contributed by atoms with Gasteiger partial charge in [0.05, 0.1) is 18.2 Å². The predicted octanol–water partition coefficient (Wildman–Crippen LogP) is 4.39. The maximum atomic E-state index is 12.9. The summed E-state index contributed by atoms with van der Waals surface area (Å²) in [6, 6.07) is 17.4. The van der Waals surface area contributed by atoms with Gasteiger partial charge in [-0.25, -0.2) is 0 Å². The lowest BCUT2D eigenvalue weighted by Gasteiger charge is -2.23. The van der Waals surface area contributed by atoms with Crippen molar-refractivity contribution in [2.45, 2.75) is 30.6 Å². The third kappa shape index (κ3) is 5.36. The smallest absolute Gasteiger partial charge is 0.244 e. The summed E-state index contributed by atoms with van der Waals surface area (Å²) in [4.78, 5) is 27.8. The molecule has 0 aliphatic carbocycles. The number of likely N-dealkylation sites (N-methyl/N-ethyl adjacent to an activating group) is 1. The molecule has 0 aliphatic heterocycles. The number of anilines is 1. The molecular formula is C21H26N2O2S. The van der Waals surface area contributed by atoms with E-state index in [0.29, 0.717) is 0 Å². The van der Waals surface area contributed by atoms with E-state index in [-0.39, 0.29) is 24.3 Å². The largest absolute Gasteiger partial charge is 0.336 e. The van der Waals surface area contributed by atoms with Crippen LogP contribution in [0, 0.1) is 0 Å². The normalized spacial score (nSPS) is 11.7. The first kappa shape index (κ1) is 20.0. The molecule has 2 rings (SSSR count). The van der Waals surface area contributed by atoms with E-state index in [0.717, 1.165) is 29.0 Å². The van der Waals surface area contributed by atoms with Gasteiger partial charge in [0.25, 0.3) is 0 Å². The van der Waals surface area contributed by atoms with Crippen molar-refractivity contribution in [2.75, 3.05) is 25.2 Å². The molecule has 2 aromatic carbocycles. The van der Waals surface area contributed by atoms with E-state index in [4.69, 9.17) is 0 Å². The lowest BCUT2D eigenvalue weighted by molar-refractivity contribution is -0.134. The number of nitrogens with zero attached hydrogens (tertiary/aromatic N) is 1. The standard InChI is InChI=1S/C21H26N2O2S/c1-4-10-17(16-11-6-5-7-12-16)21(25)23(2)15-20(24)22-18-13-8-9-14-19(18)26-3/h5-9,11-14,17H,4,10,15H2,1-3H3,(H,22,24). The van der Waals surface area contributed by atoms with E-state index in [9.17, 15) is 9.59 Å². The van der Waals surface area contributed by atoms with Crippen LogP contribution in [0.1, 0.15) is 31.2 Å². The molecule has 0 saturated heterocycles. The second kappa shape index (κ2) is 10.0. The molecule has 0 spiro atoms. The lowest BCUT2D eigenvalue weighted by atomic mass is 9.93. The van der Waals surface area contributed by atoms with Crippen molar-refractivity contribution in [3.63, 3.8) is 0 Å². The highest BCUT2D eigenvalue weighted by atomic mass is 32.2. The Morgan fingerprint density at radius 2 is 1.73 bits per heavy atom. The maximum absolute atomic E-state index is 12.9. The number of rotatable bonds is 8. The highest BCUT2D eigenvalue weighted by Crippen LogP contribution is 2.25. The van der Waals surface area contributed by atoms with Crippen LogP contribution >= 0.6 is 11.8 Å². The summed E-state index contributed by atoms with van der Waals surface area (Å²) in [6.07, 6.45) is 3.65. The van der Waals surface area contributed by atoms with E-state index in [2.05, 4.69) is 12.2 Å². The summed E-state index contributed by atoms with van der Waals surface area (Å²) in [7, 11) is 1.69. The molecular weight excluding hydrogens is 344 g/mol. The number of hydrogen-bond acceptors (Lipinski definition) is 3. The first-order valence-electron chi connectivity index (χ1n) is 8.79. The van der Waals surface area contributed by atoms with E-state index in [1.165, 1.54) is 4.90 Å². The number of nitrogens with one attached hydrogen (secondary N) is 1. The molecule has 0 aliphatic rings. The molecule has 5 heteroatoms. The quantitative estimate of drug-likeness (QED) is 0.701. The van der Waals surface area contributed by atoms with E-state index >= 15 is 0 Å². The van der Waals surface area contributed by atoms with Crippen LogP contribution in [-0.4, -0.2) is 36.6 Å². The highest BCUT2D eigenvalue weighted by Gasteiger charge is 2.24. The van der Waals surface area contributed by atoms with Crippen molar-refractivity contribution >= 4 is 29.3 Å². The molecule has 1 N–H and O–H groups in total. The number of thioether (sulfide) groups is 1. The van der Waals surface area contributed by atoms with Crippen molar-refractivity contribution in [1.29, 1.82) is 0 Å². The molecule has 0 saturated carbocycles. The Balaban J connectivity index is 2.03. The van der Waals surface area contributed by atoms with Crippen LogP contribution in [0.5, 0.6) is 0 Å². The van der Waals surface area contributed by atoms with Gasteiger partial charge in [0.2, 0.25) is 11.8 Å². The predicted molar refractivity (Wildman–Crippen MR) is 109 cm³/mol. The first-order valence-corrected chi connectivity index (χ1v) is 10.0. The van der Waals surface area contributed by atoms with Crippen LogP contribution < -0.4 is 5.32 Å².